The molecule has 0 aliphatic rings. The van der Waals surface area contributed by atoms with E-state index in [1.165, 1.54) is 0 Å². The maximum absolute atomic E-state index is 13.0. The number of hydrogen-bond donors (Lipinski definition) is 3. The molecule has 10 heteroatoms. The van der Waals surface area contributed by atoms with Crippen molar-refractivity contribution in [2.75, 3.05) is 10.6 Å². The summed E-state index contributed by atoms with van der Waals surface area (Å²) in [6.07, 6.45) is 3.17. The molecular weight excluding hydrogens is 542 g/mol. The standard InChI is InChI=1S/C28H21N7O3.C5H12/c1-17-27(36)34-26-25(31-17)23(13-15-29-26)38-22-12-11-21(19-9-5-6-10-20(19)22)32-28(37)33-24-14-16-30-35(24)18-7-3-2-4-8-18;1-5(2,3)4/h2-16H,1H3,(H,29,34,36)(H2,32,33,37);1-4H3. The van der Waals surface area contributed by atoms with Crippen LogP contribution in [-0.4, -0.2) is 30.8 Å². The number of para-hydroxylation sites is 1. The van der Waals surface area contributed by atoms with E-state index in [0.717, 1.165) is 16.5 Å². The van der Waals surface area contributed by atoms with E-state index in [9.17, 15) is 9.59 Å². The minimum Gasteiger partial charge on any atom is -0.454 e. The highest BCUT2D eigenvalue weighted by molar-refractivity contribution is 6.07. The first-order chi connectivity index (χ1) is 20.6. The molecule has 3 aromatic carbocycles. The number of aromatic amines is 1. The van der Waals surface area contributed by atoms with Gasteiger partial charge in [0.25, 0.3) is 5.56 Å². The summed E-state index contributed by atoms with van der Waals surface area (Å²) in [5.74, 6) is 1.54. The second-order valence-electron chi connectivity index (χ2n) is 11.5. The minimum atomic E-state index is -0.412. The highest BCUT2D eigenvalue weighted by Crippen LogP contribution is 2.36. The van der Waals surface area contributed by atoms with E-state index in [2.05, 4.69) is 58.4 Å². The number of urea groups is 1. The van der Waals surface area contributed by atoms with Gasteiger partial charge in [-0.2, -0.15) is 5.10 Å². The topological polar surface area (TPSA) is 127 Å². The predicted octanol–water partition coefficient (Wildman–Crippen LogP) is 7.45. The predicted molar refractivity (Wildman–Crippen MR) is 170 cm³/mol. The molecule has 3 aromatic heterocycles. The van der Waals surface area contributed by atoms with Gasteiger partial charge in [-0.25, -0.2) is 19.4 Å². The summed E-state index contributed by atoms with van der Waals surface area (Å²) in [7, 11) is 0. The van der Waals surface area contributed by atoms with Crippen LogP contribution in [0.15, 0.2) is 96.1 Å². The number of aryl methyl sites for hydroxylation is 1. The van der Waals surface area contributed by atoms with Crippen LogP contribution in [0.4, 0.5) is 16.3 Å². The Bertz CT molecular complexity index is 1950. The van der Waals surface area contributed by atoms with Crippen LogP contribution in [0.1, 0.15) is 33.4 Å². The summed E-state index contributed by atoms with van der Waals surface area (Å²) in [5, 5.41) is 11.7. The number of carbonyl (C=O) groups is 1. The maximum Gasteiger partial charge on any atom is 0.324 e. The molecule has 0 atom stereocenters. The Hall–Kier alpha value is -5.51. The van der Waals surface area contributed by atoms with Crippen molar-refractivity contribution >= 4 is 39.5 Å². The molecule has 10 nitrogen and oxygen atoms in total. The normalized spacial score (nSPS) is 11.1. The fourth-order valence-corrected chi connectivity index (χ4v) is 4.17. The molecule has 43 heavy (non-hydrogen) atoms. The largest absolute Gasteiger partial charge is 0.454 e. The van der Waals surface area contributed by atoms with Gasteiger partial charge in [-0.3, -0.25) is 10.1 Å². The van der Waals surface area contributed by atoms with E-state index in [-0.39, 0.29) is 5.56 Å². The Labute approximate surface area is 248 Å². The number of carbonyl (C=O) groups excluding carboxylic acids is 1. The number of rotatable bonds is 5. The quantitative estimate of drug-likeness (QED) is 0.196. The van der Waals surface area contributed by atoms with E-state index in [1.807, 2.05) is 54.6 Å². The van der Waals surface area contributed by atoms with Crippen LogP contribution in [0, 0.1) is 12.3 Å². The molecule has 3 N–H and O–H groups in total. The van der Waals surface area contributed by atoms with Gasteiger partial charge in [0.05, 0.1) is 17.6 Å². The van der Waals surface area contributed by atoms with Crippen molar-refractivity contribution in [1.29, 1.82) is 0 Å². The number of benzene rings is 3. The van der Waals surface area contributed by atoms with Gasteiger partial charge in [-0.05, 0) is 36.6 Å². The molecule has 6 aromatic rings. The van der Waals surface area contributed by atoms with Crippen molar-refractivity contribution in [2.45, 2.75) is 34.6 Å². The third kappa shape index (κ3) is 7.05. The zero-order chi connectivity index (χ0) is 30.6. The number of anilines is 2. The van der Waals surface area contributed by atoms with Crippen molar-refractivity contribution < 1.29 is 9.53 Å². The molecule has 0 aliphatic heterocycles. The highest BCUT2D eigenvalue weighted by atomic mass is 16.5. The molecule has 0 spiro atoms. The lowest BCUT2D eigenvalue weighted by molar-refractivity contribution is 0.262. The van der Waals surface area contributed by atoms with Crippen LogP contribution < -0.4 is 20.9 Å². The zero-order valence-corrected chi connectivity index (χ0v) is 24.7. The molecule has 218 valence electrons. The van der Waals surface area contributed by atoms with Gasteiger partial charge in [0, 0.05) is 29.1 Å². The summed E-state index contributed by atoms with van der Waals surface area (Å²) in [6, 6.07) is 23.7. The third-order valence-corrected chi connectivity index (χ3v) is 5.96. The molecular formula is C33H33N7O3. The summed E-state index contributed by atoms with van der Waals surface area (Å²) < 4.78 is 7.89. The lowest BCUT2D eigenvalue weighted by atomic mass is 10.0. The Morgan fingerprint density at radius 3 is 2.28 bits per heavy atom. The smallest absolute Gasteiger partial charge is 0.324 e. The van der Waals surface area contributed by atoms with E-state index in [0.29, 0.717) is 45.3 Å². The molecule has 3 heterocycles. The summed E-state index contributed by atoms with van der Waals surface area (Å²) >= 11 is 0. The molecule has 0 saturated carbocycles. The Morgan fingerprint density at radius 2 is 1.53 bits per heavy atom. The summed E-state index contributed by atoms with van der Waals surface area (Å²) in [5.41, 5.74) is 2.75. The molecule has 0 fully saturated rings. The fourth-order valence-electron chi connectivity index (χ4n) is 4.17. The number of fused-ring (bicyclic) bond motifs is 2. The number of ether oxygens (including phenoxy) is 1. The lowest BCUT2D eigenvalue weighted by Crippen LogP contribution is -2.21. The summed E-state index contributed by atoms with van der Waals surface area (Å²) in [6.45, 7) is 10.4. The van der Waals surface area contributed by atoms with E-state index >= 15 is 0 Å². The zero-order valence-electron chi connectivity index (χ0n) is 24.7. The Balaban J connectivity index is 0.000000682. The lowest BCUT2D eigenvalue weighted by Gasteiger charge is -2.15. The van der Waals surface area contributed by atoms with Crippen LogP contribution in [-0.2, 0) is 0 Å². The number of hydrogen-bond acceptors (Lipinski definition) is 6. The van der Waals surface area contributed by atoms with Crippen LogP contribution in [0.25, 0.3) is 27.6 Å². The molecule has 0 bridgehead atoms. The van der Waals surface area contributed by atoms with Gasteiger partial charge in [-0.1, -0.05) is 70.2 Å². The number of pyridine rings is 1. The van der Waals surface area contributed by atoms with Gasteiger partial charge in [0.1, 0.15) is 22.8 Å². The Kier molecular flexibility index (Phi) is 8.20. The number of aromatic nitrogens is 5. The van der Waals surface area contributed by atoms with Gasteiger partial charge >= 0.3 is 6.03 Å². The first kappa shape index (κ1) is 29.0. The summed E-state index contributed by atoms with van der Waals surface area (Å²) in [4.78, 5) is 36.2. The van der Waals surface area contributed by atoms with Crippen LogP contribution in [0.5, 0.6) is 11.5 Å². The average molecular weight is 576 g/mol. The first-order valence-corrected chi connectivity index (χ1v) is 13.8. The third-order valence-electron chi connectivity index (χ3n) is 5.96. The molecule has 2 amide bonds. The first-order valence-electron chi connectivity index (χ1n) is 13.8. The van der Waals surface area contributed by atoms with Crippen LogP contribution in [0.2, 0.25) is 0 Å². The average Bonchev–Trinajstić information content (AvgIpc) is 3.43. The van der Waals surface area contributed by atoms with Crippen LogP contribution in [0.3, 0.4) is 0 Å². The molecule has 6 rings (SSSR count). The fraction of sp³-hybridized carbons (Fsp3) is 0.182. The minimum absolute atomic E-state index is 0.298. The number of nitrogens with zero attached hydrogens (tertiary/aromatic N) is 4. The van der Waals surface area contributed by atoms with Gasteiger partial charge < -0.3 is 15.0 Å². The van der Waals surface area contributed by atoms with Crippen molar-refractivity contribution in [2.24, 2.45) is 5.41 Å². The van der Waals surface area contributed by atoms with E-state index in [4.69, 9.17) is 4.74 Å². The molecule has 0 aliphatic carbocycles. The van der Waals surface area contributed by atoms with Gasteiger partial charge in [-0.15, -0.1) is 0 Å². The monoisotopic (exact) mass is 575 g/mol. The second kappa shape index (κ2) is 12.2. The highest BCUT2D eigenvalue weighted by Gasteiger charge is 2.14. The maximum atomic E-state index is 13.0. The van der Waals surface area contributed by atoms with Crippen molar-refractivity contribution in [1.82, 2.24) is 24.7 Å². The SMILES string of the molecule is CC(C)(C)C.Cc1nc2c(Oc3ccc(NC(=O)Nc4ccnn4-c4ccccc4)c4ccccc34)ccnc2[nH]c1=O. The number of nitrogens with one attached hydrogen (secondary N) is 3. The van der Waals surface area contributed by atoms with Crippen molar-refractivity contribution in [3.05, 3.63) is 107 Å². The van der Waals surface area contributed by atoms with Crippen molar-refractivity contribution in [3.63, 3.8) is 0 Å². The molecule has 0 saturated heterocycles. The molecule has 0 radical (unpaired) electrons. The van der Waals surface area contributed by atoms with Crippen molar-refractivity contribution in [3.8, 4) is 17.2 Å². The van der Waals surface area contributed by atoms with Gasteiger partial charge in [0.2, 0.25) is 0 Å². The van der Waals surface area contributed by atoms with Crippen LogP contribution >= 0.6 is 0 Å². The van der Waals surface area contributed by atoms with E-state index < -0.39 is 6.03 Å². The number of amides is 2. The number of H-pyrrole nitrogens is 1. The Morgan fingerprint density at radius 1 is 0.837 bits per heavy atom. The molecule has 0 unspecified atom stereocenters. The second-order valence-corrected chi connectivity index (χ2v) is 11.5. The van der Waals surface area contributed by atoms with Gasteiger partial charge in [0.15, 0.2) is 11.4 Å². The van der Waals surface area contributed by atoms with E-state index in [1.54, 1.807) is 48.3 Å².